The van der Waals surface area contributed by atoms with Crippen LogP contribution in [0.1, 0.15) is 17.7 Å². The highest BCUT2D eigenvalue weighted by Crippen LogP contribution is 2.41. The molecule has 7 aromatic rings. The number of benzene rings is 5. The molecule has 2 aromatic heterocycles. The Balaban J connectivity index is 1.39. The molecule has 1 aliphatic rings. The lowest BCUT2D eigenvalue weighted by Crippen LogP contribution is -2.01. The molecule has 5 heteroatoms. The number of hydrogen-bond acceptors (Lipinski definition) is 4. The summed E-state index contributed by atoms with van der Waals surface area (Å²) in [6, 6.07) is 33.2. The van der Waals surface area contributed by atoms with Crippen LogP contribution in [-0.4, -0.2) is 15.0 Å². The summed E-state index contributed by atoms with van der Waals surface area (Å²) in [5.41, 5.74) is 4.59. The molecule has 8 rings (SSSR count). The average molecular weight is 536 g/mol. The van der Waals surface area contributed by atoms with Crippen LogP contribution in [0.4, 0.5) is 0 Å². The Morgan fingerprint density at radius 1 is 0.625 bits per heavy atom. The van der Waals surface area contributed by atoms with Gasteiger partial charge in [0, 0.05) is 27.6 Å². The third-order valence-electron chi connectivity index (χ3n) is 7.64. The summed E-state index contributed by atoms with van der Waals surface area (Å²) >= 11 is 6.63. The highest BCUT2D eigenvalue weighted by atomic mass is 35.5. The van der Waals surface area contributed by atoms with Crippen LogP contribution >= 0.6 is 11.6 Å². The van der Waals surface area contributed by atoms with Gasteiger partial charge in [-0.1, -0.05) is 90.5 Å². The zero-order valence-corrected chi connectivity index (χ0v) is 22.2. The highest BCUT2D eigenvalue weighted by Gasteiger charge is 2.23. The molecule has 0 amide bonds. The molecule has 0 saturated carbocycles. The Bertz CT molecular complexity index is 2050. The van der Waals surface area contributed by atoms with Crippen LogP contribution in [0.2, 0.25) is 5.02 Å². The van der Waals surface area contributed by atoms with Gasteiger partial charge in [0.2, 0.25) is 0 Å². The fraction of sp³-hybridized carbons (Fsp3) is 0.0571. The number of fused-ring (bicyclic) bond motifs is 5. The standard InChI is InChI=1S/C35H22ClN3O/c36-29-18-17-28(31-27-11-5-6-12-30(27)40-32(29)31)35-38-33(25-15-13-21-7-1-3-9-23(21)19-25)37-34(39-35)26-16-14-22-8-2-4-10-24(22)20-26/h1-4,6-10,12-20H,5,11H2. The molecule has 0 atom stereocenters. The van der Waals surface area contributed by atoms with E-state index in [0.717, 1.165) is 57.0 Å². The van der Waals surface area contributed by atoms with Crippen LogP contribution < -0.4 is 0 Å². The molecule has 0 saturated heterocycles. The van der Waals surface area contributed by atoms with Crippen LogP contribution in [0.5, 0.6) is 0 Å². The van der Waals surface area contributed by atoms with Crippen molar-refractivity contribution in [3.8, 4) is 34.2 Å². The van der Waals surface area contributed by atoms with Crippen LogP contribution in [0.15, 0.2) is 108 Å². The number of furan rings is 1. The molecule has 0 N–H and O–H groups in total. The summed E-state index contributed by atoms with van der Waals surface area (Å²) in [6.07, 6.45) is 6.01. The topological polar surface area (TPSA) is 51.8 Å². The summed E-state index contributed by atoms with van der Waals surface area (Å²) in [6.45, 7) is 0. The van der Waals surface area contributed by atoms with Crippen molar-refractivity contribution in [1.29, 1.82) is 0 Å². The van der Waals surface area contributed by atoms with E-state index in [1.807, 2.05) is 42.5 Å². The maximum Gasteiger partial charge on any atom is 0.164 e. The van der Waals surface area contributed by atoms with E-state index in [-0.39, 0.29) is 0 Å². The summed E-state index contributed by atoms with van der Waals surface area (Å²) < 4.78 is 6.22. The second-order valence-electron chi connectivity index (χ2n) is 10.1. The first-order chi connectivity index (χ1) is 19.7. The monoisotopic (exact) mass is 535 g/mol. The zero-order chi connectivity index (χ0) is 26.6. The molecule has 0 unspecified atom stereocenters. The van der Waals surface area contributed by atoms with Crippen molar-refractivity contribution >= 4 is 50.2 Å². The van der Waals surface area contributed by atoms with Crippen molar-refractivity contribution in [2.75, 3.05) is 0 Å². The fourth-order valence-corrected chi connectivity index (χ4v) is 5.85. The SMILES string of the molecule is Clc1ccc(-c2nc(-c3ccc4ccccc4c3)nc(-c3ccc4ccccc4c3)n2)c2c3c(oc12)C=CCC3. The first kappa shape index (κ1) is 23.1. The van der Waals surface area contributed by atoms with E-state index in [1.165, 1.54) is 10.8 Å². The molecular formula is C35H22ClN3O. The lowest BCUT2D eigenvalue weighted by atomic mass is 9.97. The van der Waals surface area contributed by atoms with Crippen molar-refractivity contribution in [1.82, 2.24) is 15.0 Å². The maximum absolute atomic E-state index is 6.63. The van der Waals surface area contributed by atoms with E-state index in [1.54, 1.807) is 0 Å². The largest absolute Gasteiger partial charge is 0.455 e. The molecule has 0 spiro atoms. The first-order valence-corrected chi connectivity index (χ1v) is 13.7. The molecule has 0 bridgehead atoms. The van der Waals surface area contributed by atoms with Gasteiger partial charge in [-0.05, 0) is 64.7 Å². The molecule has 0 aliphatic heterocycles. The van der Waals surface area contributed by atoms with Crippen molar-refractivity contribution in [3.05, 3.63) is 119 Å². The lowest BCUT2D eigenvalue weighted by molar-refractivity contribution is 0.595. The van der Waals surface area contributed by atoms with Crippen LogP contribution in [0.25, 0.3) is 72.8 Å². The second-order valence-corrected chi connectivity index (χ2v) is 10.5. The molecule has 4 nitrogen and oxygen atoms in total. The quantitative estimate of drug-likeness (QED) is 0.226. The molecule has 1 aliphatic carbocycles. The number of nitrogens with zero attached hydrogens (tertiary/aromatic N) is 3. The van der Waals surface area contributed by atoms with Gasteiger partial charge in [0.25, 0.3) is 0 Å². The number of allylic oxidation sites excluding steroid dienone is 1. The number of aromatic nitrogens is 3. The molecule has 190 valence electrons. The Hall–Kier alpha value is -4.80. The van der Waals surface area contributed by atoms with Crippen LogP contribution in [-0.2, 0) is 6.42 Å². The van der Waals surface area contributed by atoms with Gasteiger partial charge in [-0.25, -0.2) is 15.0 Å². The van der Waals surface area contributed by atoms with Crippen molar-refractivity contribution in [2.24, 2.45) is 0 Å². The number of halogens is 1. The third-order valence-corrected chi connectivity index (χ3v) is 7.94. The van der Waals surface area contributed by atoms with E-state index in [0.29, 0.717) is 28.1 Å². The number of rotatable bonds is 3. The predicted octanol–water partition coefficient (Wildman–Crippen LogP) is 9.54. The van der Waals surface area contributed by atoms with Crippen LogP contribution in [0, 0.1) is 0 Å². The van der Waals surface area contributed by atoms with E-state index >= 15 is 0 Å². The fourth-order valence-electron chi connectivity index (χ4n) is 5.65. The van der Waals surface area contributed by atoms with Crippen molar-refractivity contribution in [2.45, 2.75) is 12.8 Å². The van der Waals surface area contributed by atoms with Gasteiger partial charge in [-0.2, -0.15) is 0 Å². The van der Waals surface area contributed by atoms with E-state index in [4.69, 9.17) is 31.0 Å². The lowest BCUT2D eigenvalue weighted by Gasteiger charge is -2.11. The Morgan fingerprint density at radius 2 is 1.23 bits per heavy atom. The Labute approximate surface area is 235 Å². The summed E-state index contributed by atoms with van der Waals surface area (Å²) in [7, 11) is 0. The van der Waals surface area contributed by atoms with Gasteiger partial charge in [-0.3, -0.25) is 0 Å². The first-order valence-electron chi connectivity index (χ1n) is 13.4. The summed E-state index contributed by atoms with van der Waals surface area (Å²) in [5.74, 6) is 2.70. The predicted molar refractivity (Wildman–Crippen MR) is 163 cm³/mol. The highest BCUT2D eigenvalue weighted by molar-refractivity contribution is 6.35. The maximum atomic E-state index is 6.63. The molecule has 5 aromatic carbocycles. The average Bonchev–Trinajstić information content (AvgIpc) is 3.41. The molecular weight excluding hydrogens is 514 g/mol. The van der Waals surface area contributed by atoms with Crippen molar-refractivity contribution < 1.29 is 4.42 Å². The minimum absolute atomic E-state index is 0.583. The van der Waals surface area contributed by atoms with E-state index < -0.39 is 0 Å². The van der Waals surface area contributed by atoms with Gasteiger partial charge in [0.15, 0.2) is 23.1 Å². The Kier molecular flexibility index (Phi) is 5.29. The minimum atomic E-state index is 0.583. The smallest absolute Gasteiger partial charge is 0.164 e. The third kappa shape index (κ3) is 3.80. The van der Waals surface area contributed by atoms with Gasteiger partial charge < -0.3 is 4.42 Å². The van der Waals surface area contributed by atoms with Crippen LogP contribution in [0.3, 0.4) is 0 Å². The van der Waals surface area contributed by atoms with Gasteiger partial charge >= 0.3 is 0 Å². The minimum Gasteiger partial charge on any atom is -0.455 e. The van der Waals surface area contributed by atoms with Gasteiger partial charge in [0.1, 0.15) is 5.76 Å². The Morgan fingerprint density at radius 3 is 1.88 bits per heavy atom. The van der Waals surface area contributed by atoms with Crippen molar-refractivity contribution in [3.63, 3.8) is 0 Å². The zero-order valence-electron chi connectivity index (χ0n) is 21.4. The second kappa shape index (κ2) is 9.15. The van der Waals surface area contributed by atoms with Gasteiger partial charge in [0.05, 0.1) is 5.02 Å². The summed E-state index contributed by atoms with van der Waals surface area (Å²) in [4.78, 5) is 15.1. The summed E-state index contributed by atoms with van der Waals surface area (Å²) in [5, 5.41) is 6.19. The van der Waals surface area contributed by atoms with E-state index in [9.17, 15) is 0 Å². The normalized spacial score (nSPS) is 12.8. The molecule has 40 heavy (non-hydrogen) atoms. The molecule has 0 radical (unpaired) electrons. The molecule has 2 heterocycles. The number of hydrogen-bond donors (Lipinski definition) is 0. The number of aryl methyl sites for hydroxylation is 1. The van der Waals surface area contributed by atoms with Gasteiger partial charge in [-0.15, -0.1) is 0 Å². The van der Waals surface area contributed by atoms with E-state index in [2.05, 4.69) is 66.7 Å². The molecule has 0 fully saturated rings.